The molecule has 0 atom stereocenters. The third-order valence-corrected chi connectivity index (χ3v) is 4.42. The van der Waals surface area contributed by atoms with Crippen molar-refractivity contribution in [2.75, 3.05) is 0 Å². The van der Waals surface area contributed by atoms with Gasteiger partial charge < -0.3 is 4.74 Å². The fourth-order valence-corrected chi connectivity index (χ4v) is 3.13. The van der Waals surface area contributed by atoms with Gasteiger partial charge in [0.25, 0.3) is 5.56 Å². The van der Waals surface area contributed by atoms with Gasteiger partial charge in [-0.3, -0.25) is 13.8 Å². The molecule has 0 saturated carbocycles. The molecular formula is C18H15ClN4O2. The summed E-state index contributed by atoms with van der Waals surface area (Å²) < 4.78 is 9.24. The van der Waals surface area contributed by atoms with Crippen LogP contribution < -0.4 is 10.3 Å². The van der Waals surface area contributed by atoms with E-state index in [0.29, 0.717) is 22.0 Å². The summed E-state index contributed by atoms with van der Waals surface area (Å²) in [7, 11) is 1.69. The highest BCUT2D eigenvalue weighted by atomic mass is 35.5. The summed E-state index contributed by atoms with van der Waals surface area (Å²) in [6.45, 7) is 2.16. The van der Waals surface area contributed by atoms with Crippen LogP contribution in [0.5, 0.6) is 5.75 Å². The lowest BCUT2D eigenvalue weighted by molar-refractivity contribution is 0.293. The topological polar surface area (TPSA) is 61.4 Å². The van der Waals surface area contributed by atoms with Crippen LogP contribution in [0.1, 0.15) is 11.4 Å². The summed E-state index contributed by atoms with van der Waals surface area (Å²) >= 11 is 5.98. The Kier molecular flexibility index (Phi) is 3.69. The first-order chi connectivity index (χ1) is 12.1. The van der Waals surface area contributed by atoms with Crippen molar-refractivity contribution in [2.24, 2.45) is 7.05 Å². The lowest BCUT2D eigenvalue weighted by Crippen LogP contribution is -2.20. The average molecular weight is 355 g/mol. The molecule has 0 fully saturated rings. The molecule has 4 rings (SSSR count). The molecule has 0 aliphatic heterocycles. The van der Waals surface area contributed by atoms with Crippen LogP contribution in [0.25, 0.3) is 16.7 Å². The summed E-state index contributed by atoms with van der Waals surface area (Å²) in [5.74, 6) is 1.83. The Hall–Kier alpha value is -2.86. The molecular weight excluding hydrogens is 340 g/mol. The van der Waals surface area contributed by atoms with Crippen LogP contribution in [0.4, 0.5) is 0 Å². The monoisotopic (exact) mass is 354 g/mol. The minimum atomic E-state index is -0.100. The third kappa shape index (κ3) is 2.55. The molecule has 2 aromatic heterocycles. The van der Waals surface area contributed by atoms with E-state index in [1.807, 2.05) is 41.7 Å². The number of para-hydroxylation sites is 1. The fourth-order valence-electron chi connectivity index (χ4n) is 2.90. The number of hydrogen-bond acceptors (Lipinski definition) is 4. The van der Waals surface area contributed by atoms with Crippen molar-refractivity contribution >= 4 is 28.3 Å². The molecule has 0 N–H and O–H groups in total. The molecule has 7 heteroatoms. The predicted octanol–water partition coefficient (Wildman–Crippen LogP) is 3.12. The largest absolute Gasteiger partial charge is 0.485 e. The second kappa shape index (κ2) is 5.89. The Morgan fingerprint density at radius 3 is 2.76 bits per heavy atom. The van der Waals surface area contributed by atoms with E-state index in [2.05, 4.69) is 10.2 Å². The predicted molar refractivity (Wildman–Crippen MR) is 96.3 cm³/mol. The molecule has 0 aliphatic rings. The van der Waals surface area contributed by atoms with Gasteiger partial charge in [0.2, 0.25) is 5.78 Å². The van der Waals surface area contributed by atoms with Gasteiger partial charge in [0.1, 0.15) is 12.4 Å². The third-order valence-electron chi connectivity index (χ3n) is 4.19. The van der Waals surface area contributed by atoms with E-state index in [9.17, 15) is 4.79 Å². The van der Waals surface area contributed by atoms with Crippen molar-refractivity contribution in [3.8, 4) is 5.75 Å². The zero-order valence-electron chi connectivity index (χ0n) is 13.7. The van der Waals surface area contributed by atoms with E-state index >= 15 is 0 Å². The van der Waals surface area contributed by atoms with E-state index in [-0.39, 0.29) is 12.2 Å². The van der Waals surface area contributed by atoms with Gasteiger partial charge in [0.05, 0.1) is 10.9 Å². The second-order valence-corrected chi connectivity index (χ2v) is 6.27. The maximum Gasteiger partial charge on any atom is 0.262 e. The SMILES string of the molecule is Cc1cc(Cl)ccc1OCc1nnc2n(C)c(=O)c3ccccc3n12. The van der Waals surface area contributed by atoms with Crippen molar-refractivity contribution in [3.05, 3.63) is 69.2 Å². The first-order valence-corrected chi connectivity index (χ1v) is 8.15. The Morgan fingerprint density at radius 2 is 1.96 bits per heavy atom. The molecule has 0 aliphatic carbocycles. The number of benzene rings is 2. The van der Waals surface area contributed by atoms with Gasteiger partial charge in [-0.25, -0.2) is 0 Å². The molecule has 2 heterocycles. The van der Waals surface area contributed by atoms with E-state index < -0.39 is 0 Å². The number of fused-ring (bicyclic) bond motifs is 3. The number of aromatic nitrogens is 4. The van der Waals surface area contributed by atoms with Crippen molar-refractivity contribution in [2.45, 2.75) is 13.5 Å². The van der Waals surface area contributed by atoms with Crippen molar-refractivity contribution in [1.29, 1.82) is 0 Å². The fraction of sp³-hybridized carbons (Fsp3) is 0.167. The summed E-state index contributed by atoms with van der Waals surface area (Å²) in [6.07, 6.45) is 0. The molecule has 0 spiro atoms. The van der Waals surface area contributed by atoms with Gasteiger partial charge in [-0.05, 0) is 42.8 Å². The van der Waals surface area contributed by atoms with Crippen LogP contribution in [0, 0.1) is 6.92 Å². The second-order valence-electron chi connectivity index (χ2n) is 5.83. The van der Waals surface area contributed by atoms with Gasteiger partial charge in [-0.2, -0.15) is 0 Å². The standard InChI is InChI=1S/C18H15ClN4O2/c1-11-9-12(19)7-8-15(11)25-10-16-20-21-18-22(2)17(24)13-5-3-4-6-14(13)23(16)18/h3-9H,10H2,1-2H3. The lowest BCUT2D eigenvalue weighted by atomic mass is 10.2. The van der Waals surface area contributed by atoms with Crippen molar-refractivity contribution < 1.29 is 4.74 Å². The van der Waals surface area contributed by atoms with E-state index in [4.69, 9.17) is 16.3 Å². The van der Waals surface area contributed by atoms with Crippen LogP contribution >= 0.6 is 11.6 Å². The zero-order valence-corrected chi connectivity index (χ0v) is 14.5. The maximum atomic E-state index is 12.4. The van der Waals surface area contributed by atoms with Crippen molar-refractivity contribution in [3.63, 3.8) is 0 Å². The number of aryl methyl sites for hydroxylation is 2. The minimum absolute atomic E-state index is 0.100. The number of rotatable bonds is 3. The van der Waals surface area contributed by atoms with Crippen LogP contribution in [0.3, 0.4) is 0 Å². The average Bonchev–Trinajstić information content (AvgIpc) is 3.03. The number of halogens is 1. The summed E-state index contributed by atoms with van der Waals surface area (Å²) in [4.78, 5) is 12.4. The van der Waals surface area contributed by atoms with Crippen LogP contribution in [0.15, 0.2) is 47.3 Å². The first kappa shape index (κ1) is 15.7. The molecule has 0 amide bonds. The summed E-state index contributed by atoms with van der Waals surface area (Å²) in [6, 6.07) is 12.9. The van der Waals surface area contributed by atoms with Gasteiger partial charge >= 0.3 is 0 Å². The smallest absolute Gasteiger partial charge is 0.262 e. The van der Waals surface area contributed by atoms with Crippen LogP contribution in [-0.4, -0.2) is 19.2 Å². The van der Waals surface area contributed by atoms with Crippen LogP contribution in [0.2, 0.25) is 5.02 Å². The molecule has 126 valence electrons. The Balaban J connectivity index is 1.82. The summed E-state index contributed by atoms with van der Waals surface area (Å²) in [5, 5.41) is 9.64. The van der Waals surface area contributed by atoms with Crippen molar-refractivity contribution in [1.82, 2.24) is 19.2 Å². The van der Waals surface area contributed by atoms with Gasteiger partial charge in [-0.1, -0.05) is 23.7 Å². The quantitative estimate of drug-likeness (QED) is 0.567. The molecule has 0 unspecified atom stereocenters. The molecule has 25 heavy (non-hydrogen) atoms. The lowest BCUT2D eigenvalue weighted by Gasteiger charge is -2.10. The molecule has 4 aromatic rings. The maximum absolute atomic E-state index is 12.4. The van der Waals surface area contributed by atoms with Gasteiger partial charge in [-0.15, -0.1) is 10.2 Å². The molecule has 6 nitrogen and oxygen atoms in total. The molecule has 0 radical (unpaired) electrons. The molecule has 0 saturated heterocycles. The number of nitrogens with zero attached hydrogens (tertiary/aromatic N) is 4. The van der Waals surface area contributed by atoms with E-state index in [1.165, 1.54) is 4.57 Å². The Morgan fingerprint density at radius 1 is 1.16 bits per heavy atom. The normalized spacial score (nSPS) is 11.3. The highest BCUT2D eigenvalue weighted by molar-refractivity contribution is 6.30. The first-order valence-electron chi connectivity index (χ1n) is 7.77. The molecule has 2 aromatic carbocycles. The highest BCUT2D eigenvalue weighted by Gasteiger charge is 2.15. The number of hydrogen-bond donors (Lipinski definition) is 0. The van der Waals surface area contributed by atoms with Gasteiger partial charge in [0, 0.05) is 12.1 Å². The van der Waals surface area contributed by atoms with E-state index in [0.717, 1.165) is 16.8 Å². The Labute approximate surface area is 148 Å². The highest BCUT2D eigenvalue weighted by Crippen LogP contribution is 2.23. The molecule has 0 bridgehead atoms. The number of ether oxygens (including phenoxy) is 1. The van der Waals surface area contributed by atoms with Crippen LogP contribution in [-0.2, 0) is 13.7 Å². The summed E-state index contributed by atoms with van der Waals surface area (Å²) in [5.41, 5.74) is 1.60. The van der Waals surface area contributed by atoms with Gasteiger partial charge in [0.15, 0.2) is 5.82 Å². The zero-order chi connectivity index (χ0) is 17.6. The van der Waals surface area contributed by atoms with E-state index in [1.54, 1.807) is 19.2 Å². The minimum Gasteiger partial charge on any atom is -0.485 e. The Bertz CT molecular complexity index is 1160.